The molecule has 1 aliphatic heterocycles. The smallest absolute Gasteiger partial charge is 0.227 e. The van der Waals surface area contributed by atoms with E-state index in [1.165, 1.54) is 6.07 Å². The van der Waals surface area contributed by atoms with Crippen molar-refractivity contribution in [2.24, 2.45) is 0 Å². The fraction of sp³-hybridized carbons (Fsp3) is 0.533. The maximum Gasteiger partial charge on any atom is 0.227 e. The zero-order chi connectivity index (χ0) is 14.5. The highest BCUT2D eigenvalue weighted by molar-refractivity contribution is 6.31. The predicted molar refractivity (Wildman–Crippen MR) is 79.8 cm³/mol. The van der Waals surface area contributed by atoms with Gasteiger partial charge in [-0.15, -0.1) is 11.6 Å². The van der Waals surface area contributed by atoms with Crippen molar-refractivity contribution in [2.45, 2.75) is 38.1 Å². The predicted octanol–water partition coefficient (Wildman–Crippen LogP) is 4.03. The molecule has 1 saturated heterocycles. The van der Waals surface area contributed by atoms with Crippen molar-refractivity contribution in [3.63, 3.8) is 0 Å². The van der Waals surface area contributed by atoms with E-state index in [-0.39, 0.29) is 23.9 Å². The van der Waals surface area contributed by atoms with Crippen molar-refractivity contribution in [2.75, 3.05) is 12.4 Å². The largest absolute Gasteiger partial charge is 0.339 e. The van der Waals surface area contributed by atoms with E-state index in [9.17, 15) is 9.18 Å². The lowest BCUT2D eigenvalue weighted by atomic mass is 9.98. The second-order valence-corrected chi connectivity index (χ2v) is 5.88. The highest BCUT2D eigenvalue weighted by Crippen LogP contribution is 2.24. The summed E-state index contributed by atoms with van der Waals surface area (Å²) >= 11 is 11.8. The third-order valence-corrected chi connectivity index (χ3v) is 4.35. The molecule has 0 saturated carbocycles. The lowest BCUT2D eigenvalue weighted by Gasteiger charge is -2.35. The number of halogens is 3. The Morgan fingerprint density at radius 3 is 2.90 bits per heavy atom. The molecule has 0 aliphatic carbocycles. The van der Waals surface area contributed by atoms with E-state index in [4.69, 9.17) is 23.2 Å². The monoisotopic (exact) mass is 317 g/mol. The van der Waals surface area contributed by atoms with Crippen LogP contribution in [0.2, 0.25) is 5.02 Å². The number of nitrogens with zero attached hydrogens (tertiary/aromatic N) is 1. The Kier molecular flexibility index (Phi) is 5.67. The van der Waals surface area contributed by atoms with Crippen LogP contribution in [0.15, 0.2) is 18.2 Å². The zero-order valence-electron chi connectivity index (χ0n) is 11.2. The first-order valence-electron chi connectivity index (χ1n) is 6.92. The summed E-state index contributed by atoms with van der Waals surface area (Å²) in [5, 5.41) is 0.309. The fourth-order valence-electron chi connectivity index (χ4n) is 2.71. The minimum absolute atomic E-state index is 0.0181. The molecule has 0 bridgehead atoms. The fourth-order valence-corrected chi connectivity index (χ4v) is 3.19. The highest BCUT2D eigenvalue weighted by atomic mass is 35.5. The van der Waals surface area contributed by atoms with Crippen LogP contribution in [0.25, 0.3) is 0 Å². The van der Waals surface area contributed by atoms with Gasteiger partial charge in [0.15, 0.2) is 0 Å². The topological polar surface area (TPSA) is 20.3 Å². The number of rotatable bonds is 4. The van der Waals surface area contributed by atoms with Crippen LogP contribution in [0.1, 0.15) is 31.2 Å². The van der Waals surface area contributed by atoms with Crippen LogP contribution in [-0.2, 0) is 11.2 Å². The molecule has 0 radical (unpaired) electrons. The Morgan fingerprint density at radius 1 is 1.40 bits per heavy atom. The van der Waals surface area contributed by atoms with Gasteiger partial charge in [0.1, 0.15) is 5.82 Å². The molecule has 1 fully saturated rings. The van der Waals surface area contributed by atoms with Gasteiger partial charge in [-0.3, -0.25) is 4.79 Å². The first-order valence-corrected chi connectivity index (χ1v) is 7.83. The van der Waals surface area contributed by atoms with E-state index in [0.29, 0.717) is 10.9 Å². The molecule has 20 heavy (non-hydrogen) atoms. The van der Waals surface area contributed by atoms with Crippen LogP contribution in [0, 0.1) is 5.82 Å². The summed E-state index contributed by atoms with van der Waals surface area (Å²) in [6, 6.07) is 4.67. The molecule has 2 rings (SSSR count). The van der Waals surface area contributed by atoms with Gasteiger partial charge >= 0.3 is 0 Å². The Hall–Kier alpha value is -0.800. The number of carbonyl (C=O) groups is 1. The Labute approximate surface area is 128 Å². The zero-order valence-corrected chi connectivity index (χ0v) is 12.8. The van der Waals surface area contributed by atoms with Crippen molar-refractivity contribution in [3.8, 4) is 0 Å². The van der Waals surface area contributed by atoms with E-state index in [0.717, 1.165) is 32.2 Å². The number of alkyl halides is 1. The highest BCUT2D eigenvalue weighted by Gasteiger charge is 2.27. The molecule has 110 valence electrons. The van der Waals surface area contributed by atoms with Crippen molar-refractivity contribution in [3.05, 3.63) is 34.6 Å². The first kappa shape index (κ1) is 15.6. The van der Waals surface area contributed by atoms with E-state index in [1.54, 1.807) is 12.1 Å². The molecule has 5 heteroatoms. The minimum Gasteiger partial charge on any atom is -0.339 e. The molecule has 0 N–H and O–H groups in total. The van der Waals surface area contributed by atoms with Crippen LogP contribution in [-0.4, -0.2) is 29.3 Å². The van der Waals surface area contributed by atoms with Crippen molar-refractivity contribution in [1.29, 1.82) is 0 Å². The quantitative estimate of drug-likeness (QED) is 0.768. The van der Waals surface area contributed by atoms with Crippen LogP contribution in [0.3, 0.4) is 0 Å². The third kappa shape index (κ3) is 3.64. The Bertz CT molecular complexity index is 459. The molecule has 1 aromatic carbocycles. The number of piperidine rings is 1. The Balaban J connectivity index is 2.10. The number of likely N-dealkylation sites (tertiary alicyclic amines) is 1. The van der Waals surface area contributed by atoms with Crippen LogP contribution >= 0.6 is 23.2 Å². The van der Waals surface area contributed by atoms with Gasteiger partial charge in [0.25, 0.3) is 0 Å². The molecule has 1 aromatic rings. The van der Waals surface area contributed by atoms with Gasteiger partial charge in [-0.1, -0.05) is 17.7 Å². The number of carbonyl (C=O) groups excluding carboxylic acids is 1. The average Bonchev–Trinajstić information content (AvgIpc) is 2.44. The van der Waals surface area contributed by atoms with Crippen LogP contribution < -0.4 is 0 Å². The van der Waals surface area contributed by atoms with Crippen LogP contribution in [0.4, 0.5) is 4.39 Å². The number of hydrogen-bond acceptors (Lipinski definition) is 1. The summed E-state index contributed by atoms with van der Waals surface area (Å²) < 4.78 is 13.7. The molecule has 1 amide bonds. The normalized spacial score (nSPS) is 19.1. The van der Waals surface area contributed by atoms with Gasteiger partial charge in [0.05, 0.1) is 6.42 Å². The number of benzene rings is 1. The van der Waals surface area contributed by atoms with Crippen molar-refractivity contribution < 1.29 is 9.18 Å². The average molecular weight is 318 g/mol. The minimum atomic E-state index is -0.420. The molecule has 2 nitrogen and oxygen atoms in total. The SMILES string of the molecule is O=C(Cc1c(F)cccc1Cl)N1CCCCC1CCCl. The van der Waals surface area contributed by atoms with Gasteiger partial charge in [-0.25, -0.2) is 4.39 Å². The summed E-state index contributed by atoms with van der Waals surface area (Å²) in [5.74, 6) is 0.0538. The summed E-state index contributed by atoms with van der Waals surface area (Å²) in [7, 11) is 0. The molecule has 0 spiro atoms. The second kappa shape index (κ2) is 7.28. The lowest BCUT2D eigenvalue weighted by molar-refractivity contribution is -0.134. The summed E-state index contributed by atoms with van der Waals surface area (Å²) in [5.41, 5.74) is 0.286. The maximum atomic E-state index is 13.7. The lowest BCUT2D eigenvalue weighted by Crippen LogP contribution is -2.44. The van der Waals surface area contributed by atoms with Crippen LogP contribution in [0.5, 0.6) is 0 Å². The molecule has 1 unspecified atom stereocenters. The third-order valence-electron chi connectivity index (χ3n) is 3.78. The molecule has 0 aromatic heterocycles. The van der Waals surface area contributed by atoms with Crippen molar-refractivity contribution in [1.82, 2.24) is 4.90 Å². The van der Waals surface area contributed by atoms with Gasteiger partial charge < -0.3 is 4.90 Å². The number of hydrogen-bond donors (Lipinski definition) is 0. The summed E-state index contributed by atoms with van der Waals surface area (Å²) in [6.45, 7) is 0.729. The van der Waals surface area contributed by atoms with Gasteiger partial charge in [0, 0.05) is 29.1 Å². The van der Waals surface area contributed by atoms with E-state index in [2.05, 4.69) is 0 Å². The molecular formula is C15H18Cl2FNO. The van der Waals surface area contributed by atoms with Gasteiger partial charge in [-0.05, 0) is 37.8 Å². The van der Waals surface area contributed by atoms with E-state index < -0.39 is 5.82 Å². The summed E-state index contributed by atoms with van der Waals surface area (Å²) in [4.78, 5) is 14.3. The van der Waals surface area contributed by atoms with Crippen molar-refractivity contribution >= 4 is 29.1 Å². The first-order chi connectivity index (χ1) is 9.63. The Morgan fingerprint density at radius 2 is 2.20 bits per heavy atom. The molecule has 1 atom stereocenters. The molecule has 1 aliphatic rings. The van der Waals surface area contributed by atoms with E-state index >= 15 is 0 Å². The van der Waals surface area contributed by atoms with E-state index in [1.807, 2.05) is 4.90 Å². The second-order valence-electron chi connectivity index (χ2n) is 5.09. The molecule has 1 heterocycles. The van der Waals surface area contributed by atoms with Gasteiger partial charge in [-0.2, -0.15) is 0 Å². The summed E-state index contributed by atoms with van der Waals surface area (Å²) in [6.07, 6.45) is 3.90. The standard InChI is InChI=1S/C15H18Cl2FNO/c16-8-7-11-4-1-2-9-19(11)15(20)10-12-13(17)5-3-6-14(12)18/h3,5-6,11H,1-2,4,7-10H2. The number of amides is 1. The van der Waals surface area contributed by atoms with Gasteiger partial charge in [0.2, 0.25) is 5.91 Å². The molecular weight excluding hydrogens is 300 g/mol. The maximum absolute atomic E-state index is 13.7.